The van der Waals surface area contributed by atoms with Crippen LogP contribution in [0, 0.1) is 0 Å². The highest BCUT2D eigenvalue weighted by Gasteiger charge is 2.20. The van der Waals surface area contributed by atoms with Crippen LogP contribution in [0.15, 0.2) is 291 Å². The molecule has 14 rings (SSSR count). The SMILES string of the molecule is c1ccc(-c2cccc(-c3cccc4c3c3cc(-c5ccc(-c6ccc7c(c6)c6c(-c8cccc(-c9ccccc9)c8)cccc6n7-c6cccc(-c7ccccc7)c6)cc5)ccc3n4-c3ccccc3)c2)cc1. The lowest BCUT2D eigenvalue weighted by molar-refractivity contribution is 1.18. The third kappa shape index (κ3) is 7.52. The molecule has 0 aliphatic rings. The van der Waals surface area contributed by atoms with Gasteiger partial charge < -0.3 is 9.13 Å². The van der Waals surface area contributed by atoms with Crippen LogP contribution in [-0.4, -0.2) is 9.13 Å². The zero-order chi connectivity index (χ0) is 49.0. The van der Waals surface area contributed by atoms with Crippen LogP contribution < -0.4 is 0 Å². The first kappa shape index (κ1) is 43.1. The Balaban J connectivity index is 0.898. The van der Waals surface area contributed by atoms with Crippen LogP contribution in [0.4, 0.5) is 0 Å². The number of rotatable bonds is 9. The van der Waals surface area contributed by atoms with Gasteiger partial charge in [-0.15, -0.1) is 0 Å². The van der Waals surface area contributed by atoms with Gasteiger partial charge in [0, 0.05) is 32.9 Å². The largest absolute Gasteiger partial charge is 0.309 e. The van der Waals surface area contributed by atoms with Gasteiger partial charge in [-0.3, -0.25) is 0 Å². The summed E-state index contributed by atoms with van der Waals surface area (Å²) in [4.78, 5) is 0. The Morgan fingerprint density at radius 3 is 0.946 bits per heavy atom. The molecule has 0 aliphatic carbocycles. The number of nitrogens with zero attached hydrogens (tertiary/aromatic N) is 2. The van der Waals surface area contributed by atoms with Gasteiger partial charge in [-0.2, -0.15) is 0 Å². The lowest BCUT2D eigenvalue weighted by atomic mass is 9.94. The van der Waals surface area contributed by atoms with E-state index < -0.39 is 0 Å². The lowest BCUT2D eigenvalue weighted by Crippen LogP contribution is -1.94. The first-order valence-corrected chi connectivity index (χ1v) is 25.5. The third-order valence-corrected chi connectivity index (χ3v) is 14.9. The number of para-hydroxylation sites is 1. The van der Waals surface area contributed by atoms with Gasteiger partial charge in [0.1, 0.15) is 0 Å². The van der Waals surface area contributed by atoms with Gasteiger partial charge in [-0.05, 0) is 151 Å². The third-order valence-electron chi connectivity index (χ3n) is 14.9. The molecule has 346 valence electrons. The van der Waals surface area contributed by atoms with E-state index in [2.05, 4.69) is 300 Å². The minimum atomic E-state index is 1.13. The van der Waals surface area contributed by atoms with E-state index in [4.69, 9.17) is 0 Å². The van der Waals surface area contributed by atoms with Gasteiger partial charge in [0.05, 0.1) is 22.1 Å². The van der Waals surface area contributed by atoms with Crippen LogP contribution in [0.25, 0.3) is 133 Å². The van der Waals surface area contributed by atoms with Crippen LogP contribution in [0.1, 0.15) is 0 Å². The summed E-state index contributed by atoms with van der Waals surface area (Å²) in [6.07, 6.45) is 0. The molecular formula is C72H48N2. The zero-order valence-electron chi connectivity index (χ0n) is 40.6. The summed E-state index contributed by atoms with van der Waals surface area (Å²) >= 11 is 0. The second kappa shape index (κ2) is 18.1. The van der Waals surface area contributed by atoms with Gasteiger partial charge in [0.15, 0.2) is 0 Å². The molecule has 0 radical (unpaired) electrons. The molecule has 0 saturated heterocycles. The molecular weight excluding hydrogens is 893 g/mol. The average Bonchev–Trinajstić information content (AvgIpc) is 4.01. The van der Waals surface area contributed by atoms with Gasteiger partial charge in [0.25, 0.3) is 0 Å². The molecule has 0 unspecified atom stereocenters. The summed E-state index contributed by atoms with van der Waals surface area (Å²) in [5, 5.41) is 4.94. The van der Waals surface area contributed by atoms with E-state index in [9.17, 15) is 0 Å². The standard InChI is InChI=1S/C72H48N2/c1-5-18-49(19-6-1)54-24-13-27-59(44-54)63-32-16-34-69-71(63)65-47-57(40-42-67(65)73(69)61-29-11-4-12-30-61)52-36-38-53(39-37-52)58-41-43-68-66(48-58)72-64(60-28-14-25-55(45-60)50-20-7-2-8-21-50)33-17-35-70(72)74(68)62-31-15-26-56(46-62)51-22-9-3-10-23-51/h1-48H. The van der Waals surface area contributed by atoms with Gasteiger partial charge in [-0.25, -0.2) is 0 Å². The van der Waals surface area contributed by atoms with Crippen LogP contribution in [0.5, 0.6) is 0 Å². The molecule has 0 bridgehead atoms. The predicted molar refractivity (Wildman–Crippen MR) is 313 cm³/mol. The van der Waals surface area contributed by atoms with E-state index in [1.165, 1.54) is 122 Å². The summed E-state index contributed by atoms with van der Waals surface area (Å²) in [5.74, 6) is 0. The first-order chi connectivity index (χ1) is 36.7. The summed E-state index contributed by atoms with van der Waals surface area (Å²) in [6, 6.07) is 106. The maximum absolute atomic E-state index is 2.45. The van der Waals surface area contributed by atoms with Crippen LogP contribution >= 0.6 is 0 Å². The molecule has 0 atom stereocenters. The van der Waals surface area contributed by atoms with Crippen LogP contribution in [0.3, 0.4) is 0 Å². The van der Waals surface area contributed by atoms with Crippen LogP contribution in [0.2, 0.25) is 0 Å². The van der Waals surface area contributed by atoms with Crippen molar-refractivity contribution in [1.82, 2.24) is 9.13 Å². The molecule has 74 heavy (non-hydrogen) atoms. The Bertz CT molecular complexity index is 4370. The normalized spacial score (nSPS) is 11.5. The summed E-state index contributed by atoms with van der Waals surface area (Å²) in [7, 11) is 0. The van der Waals surface area contributed by atoms with Crippen molar-refractivity contribution in [2.75, 3.05) is 0 Å². The Labute approximate surface area is 431 Å². The Kier molecular flexibility index (Phi) is 10.6. The molecule has 2 aromatic heterocycles. The van der Waals surface area contributed by atoms with Crippen LogP contribution in [-0.2, 0) is 0 Å². The van der Waals surface area contributed by atoms with E-state index in [-0.39, 0.29) is 0 Å². The molecule has 0 saturated carbocycles. The van der Waals surface area contributed by atoms with E-state index in [0.29, 0.717) is 0 Å². The summed E-state index contributed by atoms with van der Waals surface area (Å²) < 4.78 is 4.87. The lowest BCUT2D eigenvalue weighted by Gasteiger charge is -2.11. The number of aromatic nitrogens is 2. The van der Waals surface area contributed by atoms with Crippen molar-refractivity contribution in [1.29, 1.82) is 0 Å². The van der Waals surface area contributed by atoms with Crippen molar-refractivity contribution in [3.05, 3.63) is 291 Å². The maximum Gasteiger partial charge on any atom is 0.0547 e. The molecule has 0 N–H and O–H groups in total. The van der Waals surface area contributed by atoms with Gasteiger partial charge in [-0.1, -0.05) is 218 Å². The fourth-order valence-corrected chi connectivity index (χ4v) is 11.4. The molecule has 12 aromatic carbocycles. The highest BCUT2D eigenvalue weighted by atomic mass is 15.0. The van der Waals surface area contributed by atoms with E-state index in [0.717, 1.165) is 11.4 Å². The molecule has 2 nitrogen and oxygen atoms in total. The maximum atomic E-state index is 2.45. The zero-order valence-corrected chi connectivity index (χ0v) is 40.6. The molecule has 2 heteroatoms. The fraction of sp³-hybridized carbons (Fsp3) is 0. The monoisotopic (exact) mass is 940 g/mol. The van der Waals surface area contributed by atoms with Gasteiger partial charge in [0.2, 0.25) is 0 Å². The Morgan fingerprint density at radius 1 is 0.176 bits per heavy atom. The smallest absolute Gasteiger partial charge is 0.0547 e. The van der Waals surface area contributed by atoms with Crippen molar-refractivity contribution >= 4 is 43.6 Å². The second-order valence-corrected chi connectivity index (χ2v) is 19.3. The van der Waals surface area contributed by atoms with E-state index in [1.54, 1.807) is 0 Å². The summed E-state index contributed by atoms with van der Waals surface area (Å²) in [5.41, 5.74) is 23.8. The Morgan fingerprint density at radius 2 is 0.486 bits per heavy atom. The van der Waals surface area contributed by atoms with Crippen molar-refractivity contribution in [3.63, 3.8) is 0 Å². The molecule has 14 aromatic rings. The molecule has 2 heterocycles. The van der Waals surface area contributed by atoms with Crippen molar-refractivity contribution in [2.45, 2.75) is 0 Å². The fourth-order valence-electron chi connectivity index (χ4n) is 11.4. The molecule has 0 fully saturated rings. The highest BCUT2D eigenvalue weighted by molar-refractivity contribution is 6.18. The topological polar surface area (TPSA) is 9.86 Å². The van der Waals surface area contributed by atoms with E-state index in [1.807, 2.05) is 0 Å². The van der Waals surface area contributed by atoms with Crippen molar-refractivity contribution < 1.29 is 0 Å². The van der Waals surface area contributed by atoms with Crippen molar-refractivity contribution in [3.8, 4) is 89.3 Å². The predicted octanol–water partition coefficient (Wildman–Crippen LogP) is 19.5. The molecule has 0 aliphatic heterocycles. The summed E-state index contributed by atoms with van der Waals surface area (Å²) in [6.45, 7) is 0. The van der Waals surface area contributed by atoms with Gasteiger partial charge >= 0.3 is 0 Å². The Hall–Kier alpha value is -9.76. The molecule has 0 spiro atoms. The quantitative estimate of drug-likeness (QED) is 0.136. The number of fused-ring (bicyclic) bond motifs is 6. The number of hydrogen-bond acceptors (Lipinski definition) is 0. The molecule has 0 amide bonds. The minimum absolute atomic E-state index is 1.13. The average molecular weight is 941 g/mol. The second-order valence-electron chi connectivity index (χ2n) is 19.3. The number of benzene rings is 12. The minimum Gasteiger partial charge on any atom is -0.309 e. The highest BCUT2D eigenvalue weighted by Crippen LogP contribution is 2.44. The number of hydrogen-bond donors (Lipinski definition) is 0. The first-order valence-electron chi connectivity index (χ1n) is 25.5. The van der Waals surface area contributed by atoms with E-state index >= 15 is 0 Å². The van der Waals surface area contributed by atoms with Crippen molar-refractivity contribution in [2.24, 2.45) is 0 Å².